The molecule has 1 aromatic carbocycles. The van der Waals surface area contributed by atoms with Gasteiger partial charge in [-0.25, -0.2) is 13.8 Å². The van der Waals surface area contributed by atoms with Gasteiger partial charge in [-0.05, 0) is 18.2 Å². The Morgan fingerprint density at radius 3 is 2.93 bits per heavy atom. The number of aliphatic imine (C=N–C) groups is 1. The predicted octanol–water partition coefficient (Wildman–Crippen LogP) is 4.43. The van der Waals surface area contributed by atoms with Crippen molar-refractivity contribution in [2.24, 2.45) is 4.99 Å². The second-order valence-corrected chi connectivity index (χ2v) is 8.09. The molecule has 2 aromatic rings. The summed E-state index contributed by atoms with van der Waals surface area (Å²) in [5.74, 6) is -3.01. The summed E-state index contributed by atoms with van der Waals surface area (Å²) < 4.78 is 33.9. The molecule has 0 radical (unpaired) electrons. The monoisotopic (exact) mass is 432 g/mol. The van der Waals surface area contributed by atoms with E-state index in [2.05, 4.69) is 15.3 Å². The molecule has 4 rings (SSSR count). The minimum absolute atomic E-state index is 0.0604. The number of hydrogen-bond donors (Lipinski definition) is 1. The number of hydrogen-bond acceptors (Lipinski definition) is 6. The summed E-state index contributed by atoms with van der Waals surface area (Å²) in [6, 6.07) is 8.60. The SMILES string of the molecule is O=C(CCOC1C=CN=CC1)Nc1nc(C2CC(F)(F)CN2c2ccccc2)cs1. The Balaban J connectivity index is 1.35. The van der Waals surface area contributed by atoms with E-state index in [-0.39, 0.29) is 38.0 Å². The number of ether oxygens (including phenoxy) is 1. The number of alkyl halides is 2. The Labute approximate surface area is 177 Å². The molecule has 1 N–H and O–H groups in total. The molecule has 0 aliphatic carbocycles. The molecule has 0 spiro atoms. The highest BCUT2D eigenvalue weighted by molar-refractivity contribution is 7.13. The maximum absolute atomic E-state index is 14.2. The van der Waals surface area contributed by atoms with Crippen molar-refractivity contribution in [1.29, 1.82) is 0 Å². The Hall–Kier alpha value is -2.65. The third kappa shape index (κ3) is 5.09. The summed E-state index contributed by atoms with van der Waals surface area (Å²) >= 11 is 1.24. The molecular formula is C21H22F2N4O2S. The Kier molecular flexibility index (Phi) is 6.19. The smallest absolute Gasteiger partial charge is 0.267 e. The van der Waals surface area contributed by atoms with Gasteiger partial charge in [0.05, 0.1) is 37.4 Å². The summed E-state index contributed by atoms with van der Waals surface area (Å²) in [6.45, 7) is -0.0674. The number of thiazole rings is 1. The number of amides is 1. The number of rotatable bonds is 7. The second kappa shape index (κ2) is 9.01. The predicted molar refractivity (Wildman–Crippen MR) is 113 cm³/mol. The fourth-order valence-corrected chi connectivity index (χ4v) is 4.30. The molecule has 1 aromatic heterocycles. The van der Waals surface area contributed by atoms with Crippen LogP contribution < -0.4 is 10.2 Å². The number of aromatic nitrogens is 1. The summed E-state index contributed by atoms with van der Waals surface area (Å²) in [4.78, 5) is 22.2. The van der Waals surface area contributed by atoms with Gasteiger partial charge in [-0.15, -0.1) is 11.3 Å². The van der Waals surface area contributed by atoms with Gasteiger partial charge in [-0.3, -0.25) is 9.79 Å². The normalized spacial score (nSPS) is 22.4. The molecule has 158 valence electrons. The van der Waals surface area contributed by atoms with Gasteiger partial charge in [-0.2, -0.15) is 0 Å². The van der Waals surface area contributed by atoms with Crippen LogP contribution in [0.2, 0.25) is 0 Å². The number of nitrogens with one attached hydrogen (secondary N) is 1. The number of benzene rings is 1. The molecule has 3 heterocycles. The van der Waals surface area contributed by atoms with E-state index >= 15 is 0 Å². The number of carbonyl (C=O) groups is 1. The lowest BCUT2D eigenvalue weighted by Gasteiger charge is -2.24. The van der Waals surface area contributed by atoms with Crippen molar-refractivity contribution in [3.8, 4) is 0 Å². The minimum atomic E-state index is -2.79. The van der Waals surface area contributed by atoms with Crippen LogP contribution in [0.5, 0.6) is 0 Å². The van der Waals surface area contributed by atoms with Gasteiger partial charge in [0, 0.05) is 36.3 Å². The molecule has 1 saturated heterocycles. The Bertz CT molecular complexity index is 932. The van der Waals surface area contributed by atoms with Crippen molar-refractivity contribution >= 4 is 34.3 Å². The maximum atomic E-state index is 14.2. The first-order valence-electron chi connectivity index (χ1n) is 9.75. The lowest BCUT2D eigenvalue weighted by atomic mass is 10.1. The fraction of sp³-hybridized carbons (Fsp3) is 0.381. The topological polar surface area (TPSA) is 66.8 Å². The Morgan fingerprint density at radius 1 is 1.33 bits per heavy atom. The number of carbonyl (C=O) groups excluding carboxylic acids is 1. The van der Waals surface area contributed by atoms with Gasteiger partial charge in [0.25, 0.3) is 5.92 Å². The summed E-state index contributed by atoms with van der Waals surface area (Å²) in [6.07, 6.45) is 5.82. The first kappa shape index (κ1) is 20.6. The van der Waals surface area contributed by atoms with E-state index in [9.17, 15) is 13.6 Å². The average molecular weight is 432 g/mol. The number of para-hydroxylation sites is 1. The highest BCUT2D eigenvalue weighted by Crippen LogP contribution is 2.43. The molecular weight excluding hydrogens is 410 g/mol. The molecule has 2 atom stereocenters. The summed E-state index contributed by atoms with van der Waals surface area (Å²) in [5, 5.41) is 4.88. The van der Waals surface area contributed by atoms with E-state index in [0.29, 0.717) is 17.2 Å². The number of anilines is 2. The van der Waals surface area contributed by atoms with Gasteiger partial charge in [0.2, 0.25) is 5.91 Å². The fourth-order valence-electron chi connectivity index (χ4n) is 3.53. The number of halogens is 2. The van der Waals surface area contributed by atoms with Crippen LogP contribution in [-0.2, 0) is 9.53 Å². The van der Waals surface area contributed by atoms with Crippen molar-refractivity contribution in [1.82, 2.24) is 4.98 Å². The van der Waals surface area contributed by atoms with Gasteiger partial charge < -0.3 is 15.0 Å². The molecule has 2 unspecified atom stereocenters. The largest absolute Gasteiger partial charge is 0.373 e. The average Bonchev–Trinajstić information content (AvgIpc) is 3.33. The highest BCUT2D eigenvalue weighted by atomic mass is 32.1. The van der Waals surface area contributed by atoms with Crippen molar-refractivity contribution in [3.63, 3.8) is 0 Å². The minimum Gasteiger partial charge on any atom is -0.373 e. The van der Waals surface area contributed by atoms with Gasteiger partial charge in [-0.1, -0.05) is 18.2 Å². The van der Waals surface area contributed by atoms with Crippen LogP contribution in [0, 0.1) is 0 Å². The van der Waals surface area contributed by atoms with Crippen LogP contribution in [0.1, 0.15) is 31.0 Å². The standard InChI is InChI=1S/C21H22F2N4O2S/c22-21(23)12-18(27(14-21)15-4-2-1-3-5-15)17-13-30-20(25-17)26-19(28)8-11-29-16-6-9-24-10-7-16/h1-6,9-10,13,16,18H,7-8,11-12,14H2,(H,25,26,28). The lowest BCUT2D eigenvalue weighted by molar-refractivity contribution is -0.117. The lowest BCUT2D eigenvalue weighted by Crippen LogP contribution is -2.26. The van der Waals surface area contributed by atoms with E-state index in [4.69, 9.17) is 4.74 Å². The first-order chi connectivity index (χ1) is 14.5. The summed E-state index contributed by atoms with van der Waals surface area (Å²) in [7, 11) is 0. The summed E-state index contributed by atoms with van der Waals surface area (Å²) in [5.41, 5.74) is 1.27. The van der Waals surface area contributed by atoms with Crippen molar-refractivity contribution in [3.05, 3.63) is 53.7 Å². The molecule has 6 nitrogen and oxygen atoms in total. The molecule has 2 aliphatic heterocycles. The van der Waals surface area contributed by atoms with Crippen LogP contribution >= 0.6 is 11.3 Å². The van der Waals surface area contributed by atoms with Crippen LogP contribution in [0.3, 0.4) is 0 Å². The van der Waals surface area contributed by atoms with E-state index in [1.807, 2.05) is 36.4 Å². The molecule has 0 saturated carbocycles. The zero-order chi connectivity index (χ0) is 21.0. The molecule has 2 aliphatic rings. The third-order valence-corrected chi connectivity index (χ3v) is 5.73. The van der Waals surface area contributed by atoms with E-state index < -0.39 is 12.0 Å². The number of nitrogens with zero attached hydrogens (tertiary/aromatic N) is 3. The molecule has 9 heteroatoms. The molecule has 1 amide bonds. The Morgan fingerprint density at radius 2 is 2.17 bits per heavy atom. The van der Waals surface area contributed by atoms with Crippen LogP contribution in [0.4, 0.5) is 19.6 Å². The maximum Gasteiger partial charge on any atom is 0.267 e. The quantitative estimate of drug-likeness (QED) is 0.703. The van der Waals surface area contributed by atoms with Crippen LogP contribution in [-0.4, -0.2) is 42.3 Å². The van der Waals surface area contributed by atoms with Gasteiger partial charge in [0.1, 0.15) is 0 Å². The van der Waals surface area contributed by atoms with Crippen molar-refractivity contribution in [2.75, 3.05) is 23.4 Å². The van der Waals surface area contributed by atoms with E-state index in [0.717, 1.165) is 5.69 Å². The van der Waals surface area contributed by atoms with Crippen molar-refractivity contribution < 1.29 is 18.3 Å². The van der Waals surface area contributed by atoms with Crippen LogP contribution in [0.25, 0.3) is 0 Å². The van der Waals surface area contributed by atoms with Gasteiger partial charge in [0.15, 0.2) is 5.13 Å². The van der Waals surface area contributed by atoms with Crippen molar-refractivity contribution in [2.45, 2.75) is 37.3 Å². The third-order valence-electron chi connectivity index (χ3n) is 4.96. The highest BCUT2D eigenvalue weighted by Gasteiger charge is 2.46. The first-order valence-corrected chi connectivity index (χ1v) is 10.6. The van der Waals surface area contributed by atoms with Gasteiger partial charge >= 0.3 is 0 Å². The second-order valence-electron chi connectivity index (χ2n) is 7.23. The molecule has 1 fully saturated rings. The molecule has 30 heavy (non-hydrogen) atoms. The van der Waals surface area contributed by atoms with Crippen LogP contribution in [0.15, 0.2) is 53.0 Å². The zero-order valence-corrected chi connectivity index (χ0v) is 17.0. The molecule has 0 bridgehead atoms. The zero-order valence-electron chi connectivity index (χ0n) is 16.2. The van der Waals surface area contributed by atoms with E-state index in [1.165, 1.54) is 11.3 Å². The van der Waals surface area contributed by atoms with E-state index in [1.54, 1.807) is 22.7 Å².